The van der Waals surface area contributed by atoms with E-state index in [2.05, 4.69) is 5.10 Å². The van der Waals surface area contributed by atoms with Crippen molar-refractivity contribution in [3.05, 3.63) is 49.9 Å². The maximum Gasteiger partial charge on any atom is 0.418 e. The van der Waals surface area contributed by atoms with Crippen LogP contribution in [0.4, 0.5) is 13.2 Å². The van der Waals surface area contributed by atoms with E-state index < -0.39 is 22.9 Å². The first-order valence-electron chi connectivity index (χ1n) is 6.84. The minimum absolute atomic E-state index is 0.0601. The fourth-order valence-corrected chi connectivity index (χ4v) is 2.53. The van der Waals surface area contributed by atoms with Gasteiger partial charge in [-0.3, -0.25) is 4.79 Å². The number of nitrogens with zero attached hydrogens (tertiary/aromatic N) is 2. The van der Waals surface area contributed by atoms with Crippen molar-refractivity contribution in [1.29, 1.82) is 0 Å². The van der Waals surface area contributed by atoms with Gasteiger partial charge in [-0.15, -0.1) is 0 Å². The lowest BCUT2D eigenvalue weighted by atomic mass is 10.2. The van der Waals surface area contributed by atoms with Crippen LogP contribution in [0.2, 0.25) is 10.0 Å². The molecule has 0 fully saturated rings. The van der Waals surface area contributed by atoms with E-state index in [1.165, 1.54) is 12.1 Å². The Labute approximate surface area is 145 Å². The van der Waals surface area contributed by atoms with E-state index in [4.69, 9.17) is 27.9 Å². The van der Waals surface area contributed by atoms with Gasteiger partial charge in [-0.1, -0.05) is 23.2 Å². The highest BCUT2D eigenvalue weighted by molar-refractivity contribution is 6.36. The molecule has 0 aliphatic rings. The Hall–Kier alpha value is -1.73. The highest BCUT2D eigenvalue weighted by Gasteiger charge is 2.34. The molecular weight excluding hydrogens is 368 g/mol. The van der Waals surface area contributed by atoms with E-state index in [1.54, 1.807) is 13.8 Å². The van der Waals surface area contributed by atoms with Gasteiger partial charge in [0, 0.05) is 11.6 Å². The van der Waals surface area contributed by atoms with Crippen molar-refractivity contribution in [1.82, 2.24) is 9.78 Å². The molecular formula is C15H13Cl2F3N2O2. The molecule has 0 unspecified atom stereocenters. The number of alkyl halides is 3. The summed E-state index contributed by atoms with van der Waals surface area (Å²) in [7, 11) is 0. The average molecular weight is 381 g/mol. The SMILES string of the molecule is Cc1c(C(F)(F)F)cnn(-c2cc(OC(C)C)c(Cl)cc2Cl)c1=O. The van der Waals surface area contributed by atoms with Crippen LogP contribution in [0, 0.1) is 6.92 Å². The molecule has 0 aliphatic carbocycles. The van der Waals surface area contributed by atoms with Crippen LogP contribution in [0.1, 0.15) is 25.0 Å². The van der Waals surface area contributed by atoms with E-state index in [0.29, 0.717) is 6.20 Å². The fraction of sp³-hybridized carbons (Fsp3) is 0.333. The molecule has 1 aromatic heterocycles. The second-order valence-electron chi connectivity index (χ2n) is 5.30. The second kappa shape index (κ2) is 6.64. The first-order valence-corrected chi connectivity index (χ1v) is 7.60. The van der Waals surface area contributed by atoms with Gasteiger partial charge in [0.25, 0.3) is 5.56 Å². The minimum Gasteiger partial charge on any atom is -0.489 e. The lowest BCUT2D eigenvalue weighted by molar-refractivity contribution is -0.138. The predicted octanol–water partition coefficient (Wildman–Crippen LogP) is 4.65. The van der Waals surface area contributed by atoms with E-state index in [9.17, 15) is 18.0 Å². The minimum atomic E-state index is -4.66. The zero-order valence-corrected chi connectivity index (χ0v) is 14.4. The van der Waals surface area contributed by atoms with Gasteiger partial charge in [0.15, 0.2) is 0 Å². The number of hydrogen-bond donors (Lipinski definition) is 0. The van der Waals surface area contributed by atoms with E-state index in [1.807, 2.05) is 0 Å². The maximum atomic E-state index is 12.9. The van der Waals surface area contributed by atoms with Gasteiger partial charge in [0.05, 0.1) is 33.6 Å². The molecule has 9 heteroatoms. The van der Waals surface area contributed by atoms with Gasteiger partial charge in [-0.05, 0) is 26.8 Å². The molecule has 2 aromatic rings. The third-order valence-corrected chi connectivity index (χ3v) is 3.72. The smallest absolute Gasteiger partial charge is 0.418 e. The van der Waals surface area contributed by atoms with Crippen molar-refractivity contribution in [2.24, 2.45) is 0 Å². The quantitative estimate of drug-likeness (QED) is 0.777. The van der Waals surface area contributed by atoms with Gasteiger partial charge in [-0.25, -0.2) is 0 Å². The van der Waals surface area contributed by atoms with Gasteiger partial charge >= 0.3 is 6.18 Å². The van der Waals surface area contributed by atoms with Gasteiger partial charge in [0.2, 0.25) is 0 Å². The Morgan fingerprint density at radius 3 is 2.38 bits per heavy atom. The Bertz CT molecular complexity index is 833. The van der Waals surface area contributed by atoms with Gasteiger partial charge in [-0.2, -0.15) is 23.0 Å². The van der Waals surface area contributed by atoms with Crippen LogP contribution in [0.15, 0.2) is 23.1 Å². The third kappa shape index (κ3) is 3.67. The Morgan fingerprint density at radius 2 is 1.83 bits per heavy atom. The van der Waals surface area contributed by atoms with Crippen LogP contribution in [0.25, 0.3) is 5.69 Å². The molecule has 24 heavy (non-hydrogen) atoms. The normalized spacial score (nSPS) is 11.9. The standard InChI is InChI=1S/C15H13Cl2F3N2O2/c1-7(2)24-13-5-12(10(16)4-11(13)17)22-14(23)8(3)9(6-21-22)15(18,19)20/h4-7H,1-3H3. The molecule has 0 spiro atoms. The first-order chi connectivity index (χ1) is 11.0. The van der Waals surface area contributed by atoms with Crippen molar-refractivity contribution in [2.75, 3.05) is 0 Å². The average Bonchev–Trinajstić information content (AvgIpc) is 2.43. The Balaban J connectivity index is 2.65. The third-order valence-electron chi connectivity index (χ3n) is 3.12. The summed E-state index contributed by atoms with van der Waals surface area (Å²) >= 11 is 12.1. The summed E-state index contributed by atoms with van der Waals surface area (Å²) in [6.45, 7) is 4.63. The van der Waals surface area contributed by atoms with Crippen molar-refractivity contribution in [3.63, 3.8) is 0 Å². The Morgan fingerprint density at radius 1 is 1.21 bits per heavy atom. The zero-order valence-electron chi connectivity index (χ0n) is 12.9. The molecule has 1 aromatic carbocycles. The summed E-state index contributed by atoms with van der Waals surface area (Å²) in [6, 6.07) is 2.71. The summed E-state index contributed by atoms with van der Waals surface area (Å²) < 4.78 is 44.8. The molecule has 0 saturated carbocycles. The van der Waals surface area contributed by atoms with Crippen LogP contribution in [-0.4, -0.2) is 15.9 Å². The fourth-order valence-electron chi connectivity index (χ4n) is 2.02. The lowest BCUT2D eigenvalue weighted by Crippen LogP contribution is -2.27. The van der Waals surface area contributed by atoms with Crippen molar-refractivity contribution >= 4 is 23.2 Å². The van der Waals surface area contributed by atoms with E-state index >= 15 is 0 Å². The summed E-state index contributed by atoms with van der Waals surface area (Å²) in [5, 5.41) is 3.86. The monoisotopic (exact) mass is 380 g/mol. The summed E-state index contributed by atoms with van der Waals surface area (Å²) in [6.07, 6.45) is -4.27. The number of benzene rings is 1. The van der Waals surface area contributed by atoms with Crippen molar-refractivity contribution in [2.45, 2.75) is 33.1 Å². The molecule has 0 N–H and O–H groups in total. The molecule has 0 saturated heterocycles. The predicted molar refractivity (Wildman–Crippen MR) is 85.4 cm³/mol. The van der Waals surface area contributed by atoms with Crippen LogP contribution < -0.4 is 10.3 Å². The van der Waals surface area contributed by atoms with Crippen molar-refractivity contribution < 1.29 is 17.9 Å². The molecule has 0 amide bonds. The molecule has 4 nitrogen and oxygen atoms in total. The highest BCUT2D eigenvalue weighted by atomic mass is 35.5. The summed E-state index contributed by atoms with van der Waals surface area (Å²) in [5.74, 6) is 0.248. The number of halogens is 5. The molecule has 0 atom stereocenters. The summed E-state index contributed by atoms with van der Waals surface area (Å²) in [4.78, 5) is 12.3. The molecule has 0 aliphatic heterocycles. The number of rotatable bonds is 3. The first kappa shape index (κ1) is 18.6. The molecule has 130 valence electrons. The number of ether oxygens (including phenoxy) is 1. The van der Waals surface area contributed by atoms with Crippen molar-refractivity contribution in [3.8, 4) is 11.4 Å². The molecule has 1 heterocycles. The maximum absolute atomic E-state index is 12.9. The van der Waals surface area contributed by atoms with Gasteiger partial charge in [0.1, 0.15) is 5.75 Å². The molecule has 0 bridgehead atoms. The van der Waals surface area contributed by atoms with Gasteiger partial charge < -0.3 is 4.74 Å². The number of hydrogen-bond acceptors (Lipinski definition) is 3. The zero-order chi connectivity index (χ0) is 18.2. The lowest BCUT2D eigenvalue weighted by Gasteiger charge is -2.16. The number of aromatic nitrogens is 2. The van der Waals surface area contributed by atoms with Crippen LogP contribution in [-0.2, 0) is 6.18 Å². The largest absolute Gasteiger partial charge is 0.489 e. The Kier molecular flexibility index (Phi) is 5.15. The van der Waals surface area contributed by atoms with E-state index in [-0.39, 0.29) is 27.6 Å². The van der Waals surface area contributed by atoms with E-state index in [0.717, 1.165) is 11.6 Å². The van der Waals surface area contributed by atoms with Crippen LogP contribution in [0.3, 0.4) is 0 Å². The summed E-state index contributed by atoms with van der Waals surface area (Å²) in [5.41, 5.74) is -2.41. The molecule has 0 radical (unpaired) electrons. The topological polar surface area (TPSA) is 44.1 Å². The van der Waals surface area contributed by atoms with Crippen LogP contribution in [0.5, 0.6) is 5.75 Å². The van der Waals surface area contributed by atoms with Crippen LogP contribution >= 0.6 is 23.2 Å². The molecule has 2 rings (SSSR count). The highest BCUT2D eigenvalue weighted by Crippen LogP contribution is 2.34. The second-order valence-corrected chi connectivity index (χ2v) is 6.11.